The smallest absolute Gasteiger partial charge is 0.348 e. The minimum Gasteiger partial charge on any atom is -0.465 e. The van der Waals surface area contributed by atoms with Crippen molar-refractivity contribution in [2.24, 2.45) is 0 Å². The highest BCUT2D eigenvalue weighted by Crippen LogP contribution is 2.28. The van der Waals surface area contributed by atoms with E-state index in [1.165, 1.54) is 7.11 Å². The molecule has 1 rings (SSSR count). The molecule has 1 N–H and O–H groups in total. The number of alkyl halides is 1. The Morgan fingerprint density at radius 2 is 2.25 bits per heavy atom. The van der Waals surface area contributed by atoms with Crippen molar-refractivity contribution in [3.63, 3.8) is 0 Å². The zero-order valence-corrected chi connectivity index (χ0v) is 10.7. The van der Waals surface area contributed by atoms with Crippen molar-refractivity contribution in [1.82, 2.24) is 5.32 Å². The molecule has 1 aromatic heterocycles. The summed E-state index contributed by atoms with van der Waals surface area (Å²) in [4.78, 5) is 22.5. The van der Waals surface area contributed by atoms with E-state index in [2.05, 4.69) is 10.1 Å². The van der Waals surface area contributed by atoms with Crippen LogP contribution in [-0.2, 0) is 16.1 Å². The summed E-state index contributed by atoms with van der Waals surface area (Å²) < 4.78 is 5.01. The molecule has 0 aliphatic carbocycles. The molecule has 7 heteroatoms. The third-order valence-corrected chi connectivity index (χ3v) is 3.40. The molecule has 88 valence electrons. The number of halogens is 2. The molecule has 1 amide bonds. The van der Waals surface area contributed by atoms with E-state index >= 15 is 0 Å². The van der Waals surface area contributed by atoms with Crippen molar-refractivity contribution in [3.05, 3.63) is 20.8 Å². The summed E-state index contributed by atoms with van der Waals surface area (Å²) in [6, 6.07) is 1.59. The van der Waals surface area contributed by atoms with E-state index in [0.717, 1.165) is 11.3 Å². The Labute approximate surface area is 106 Å². The van der Waals surface area contributed by atoms with Gasteiger partial charge in [-0.3, -0.25) is 4.79 Å². The average Bonchev–Trinajstić information content (AvgIpc) is 2.66. The highest BCUT2D eigenvalue weighted by Gasteiger charge is 2.14. The number of ether oxygens (including phenoxy) is 1. The van der Waals surface area contributed by atoms with Gasteiger partial charge in [-0.1, -0.05) is 11.6 Å². The van der Waals surface area contributed by atoms with Crippen LogP contribution in [0.3, 0.4) is 0 Å². The lowest BCUT2D eigenvalue weighted by atomic mass is 10.3. The number of methoxy groups -OCH3 is 1. The molecule has 0 saturated heterocycles. The van der Waals surface area contributed by atoms with Gasteiger partial charge in [0.1, 0.15) is 10.8 Å². The van der Waals surface area contributed by atoms with E-state index in [-0.39, 0.29) is 18.3 Å². The second kappa shape index (κ2) is 6.08. The number of carbonyl (C=O) groups excluding carboxylic acids is 2. The molecule has 0 unspecified atom stereocenters. The van der Waals surface area contributed by atoms with Crippen molar-refractivity contribution < 1.29 is 14.3 Å². The van der Waals surface area contributed by atoms with Gasteiger partial charge in [0, 0.05) is 12.1 Å². The minimum atomic E-state index is -0.443. The molecule has 16 heavy (non-hydrogen) atoms. The van der Waals surface area contributed by atoms with Gasteiger partial charge in [0.2, 0.25) is 5.91 Å². The van der Waals surface area contributed by atoms with Crippen LogP contribution in [0.5, 0.6) is 0 Å². The second-order valence-electron chi connectivity index (χ2n) is 2.81. The Kier molecular flexibility index (Phi) is 5.05. The van der Waals surface area contributed by atoms with E-state index in [0.29, 0.717) is 14.8 Å². The number of hydrogen-bond donors (Lipinski definition) is 1. The zero-order chi connectivity index (χ0) is 12.1. The molecular formula is C9H9Cl2NO3S. The predicted molar refractivity (Wildman–Crippen MR) is 63.2 cm³/mol. The maximum atomic E-state index is 11.2. The van der Waals surface area contributed by atoms with Gasteiger partial charge in [0.05, 0.1) is 11.4 Å². The van der Waals surface area contributed by atoms with Crippen LogP contribution in [0, 0.1) is 0 Å². The Bertz CT molecular complexity index is 405. The Hall–Kier alpha value is -0.780. The summed E-state index contributed by atoms with van der Waals surface area (Å²) in [6.45, 7) is 0.248. The van der Waals surface area contributed by atoms with Crippen molar-refractivity contribution in [2.45, 2.75) is 6.54 Å². The van der Waals surface area contributed by atoms with E-state index < -0.39 is 5.97 Å². The van der Waals surface area contributed by atoms with Gasteiger partial charge in [0.15, 0.2) is 0 Å². The summed E-state index contributed by atoms with van der Waals surface area (Å²) in [5.41, 5.74) is 0.672. The molecule has 0 aromatic carbocycles. The molecule has 0 atom stereocenters. The molecule has 0 aliphatic heterocycles. The number of rotatable bonds is 4. The van der Waals surface area contributed by atoms with Crippen molar-refractivity contribution in [1.29, 1.82) is 0 Å². The van der Waals surface area contributed by atoms with Crippen LogP contribution < -0.4 is 5.32 Å². The summed E-state index contributed by atoms with van der Waals surface area (Å²) in [5, 5.41) is 2.56. The number of thiophene rings is 1. The van der Waals surface area contributed by atoms with Crippen LogP contribution >= 0.6 is 34.5 Å². The molecule has 0 fully saturated rings. The lowest BCUT2D eigenvalue weighted by Gasteiger charge is -2.00. The van der Waals surface area contributed by atoms with Gasteiger partial charge in [-0.2, -0.15) is 0 Å². The molecule has 0 spiro atoms. The number of hydrogen-bond acceptors (Lipinski definition) is 4. The van der Waals surface area contributed by atoms with Gasteiger partial charge in [-0.05, 0) is 6.07 Å². The fourth-order valence-electron chi connectivity index (χ4n) is 0.969. The highest BCUT2D eigenvalue weighted by atomic mass is 35.5. The summed E-state index contributed by atoms with van der Waals surface area (Å²) in [7, 11) is 1.30. The fourth-order valence-corrected chi connectivity index (χ4v) is 2.26. The SMILES string of the molecule is COC(=O)c1cc(CNC(=O)CCl)c(Cl)s1. The van der Waals surface area contributed by atoms with Crippen molar-refractivity contribution >= 4 is 46.4 Å². The maximum absolute atomic E-state index is 11.2. The number of esters is 1. The largest absolute Gasteiger partial charge is 0.465 e. The number of carbonyl (C=O) groups is 2. The van der Waals surface area contributed by atoms with Crippen molar-refractivity contribution in [3.8, 4) is 0 Å². The molecule has 1 heterocycles. The lowest BCUT2D eigenvalue weighted by molar-refractivity contribution is -0.118. The Morgan fingerprint density at radius 3 is 2.81 bits per heavy atom. The summed E-state index contributed by atoms with van der Waals surface area (Å²) in [5.74, 6) is -0.837. The molecule has 4 nitrogen and oxygen atoms in total. The van der Waals surface area contributed by atoms with Gasteiger partial charge < -0.3 is 10.1 Å². The van der Waals surface area contributed by atoms with Crippen LogP contribution in [0.1, 0.15) is 15.2 Å². The van der Waals surface area contributed by atoms with Gasteiger partial charge in [-0.15, -0.1) is 22.9 Å². The van der Waals surface area contributed by atoms with E-state index in [1.54, 1.807) is 6.07 Å². The summed E-state index contributed by atoms with van der Waals surface area (Å²) >= 11 is 12.3. The summed E-state index contributed by atoms with van der Waals surface area (Å²) in [6.07, 6.45) is 0. The molecular weight excluding hydrogens is 273 g/mol. The normalized spacial score (nSPS) is 9.94. The molecule has 1 aromatic rings. The van der Waals surface area contributed by atoms with Crippen LogP contribution in [0.2, 0.25) is 4.34 Å². The van der Waals surface area contributed by atoms with E-state index in [4.69, 9.17) is 23.2 Å². The Balaban J connectivity index is 2.70. The first kappa shape index (κ1) is 13.3. The molecule has 0 aliphatic rings. The third-order valence-electron chi connectivity index (χ3n) is 1.74. The third kappa shape index (κ3) is 3.37. The second-order valence-corrected chi connectivity index (χ2v) is 4.73. The zero-order valence-electron chi connectivity index (χ0n) is 8.38. The predicted octanol–water partition coefficient (Wildman–Crippen LogP) is 2.04. The van der Waals surface area contributed by atoms with Crippen LogP contribution in [0.4, 0.5) is 0 Å². The monoisotopic (exact) mass is 281 g/mol. The van der Waals surface area contributed by atoms with Gasteiger partial charge >= 0.3 is 5.97 Å². The lowest BCUT2D eigenvalue weighted by Crippen LogP contribution is -2.23. The first-order valence-corrected chi connectivity index (χ1v) is 6.00. The topological polar surface area (TPSA) is 55.4 Å². The van der Waals surface area contributed by atoms with Gasteiger partial charge in [-0.25, -0.2) is 4.79 Å². The van der Waals surface area contributed by atoms with Crippen LogP contribution in [0.15, 0.2) is 6.07 Å². The van der Waals surface area contributed by atoms with Crippen LogP contribution in [-0.4, -0.2) is 24.9 Å². The number of nitrogens with one attached hydrogen (secondary N) is 1. The Morgan fingerprint density at radius 1 is 1.56 bits per heavy atom. The minimum absolute atomic E-state index is 0.106. The standard InChI is InChI=1S/C9H9Cl2NO3S/c1-15-9(14)6-2-5(8(11)16-6)4-12-7(13)3-10/h2H,3-4H2,1H3,(H,12,13). The van der Waals surface area contributed by atoms with E-state index in [1.807, 2.05) is 0 Å². The highest BCUT2D eigenvalue weighted by molar-refractivity contribution is 7.18. The quantitative estimate of drug-likeness (QED) is 0.679. The molecule has 0 bridgehead atoms. The first-order chi connectivity index (χ1) is 7.58. The number of amides is 1. The molecule has 0 saturated carbocycles. The maximum Gasteiger partial charge on any atom is 0.348 e. The average molecular weight is 282 g/mol. The molecule has 0 radical (unpaired) electrons. The first-order valence-electron chi connectivity index (χ1n) is 4.27. The van der Waals surface area contributed by atoms with Crippen molar-refractivity contribution in [2.75, 3.05) is 13.0 Å². The fraction of sp³-hybridized carbons (Fsp3) is 0.333. The van der Waals surface area contributed by atoms with E-state index in [9.17, 15) is 9.59 Å². The van der Waals surface area contributed by atoms with Crippen LogP contribution in [0.25, 0.3) is 0 Å². The van der Waals surface area contributed by atoms with Gasteiger partial charge in [0.25, 0.3) is 0 Å².